The van der Waals surface area contributed by atoms with Gasteiger partial charge in [0.05, 0.1) is 19.3 Å². The van der Waals surface area contributed by atoms with Crippen LogP contribution in [0.3, 0.4) is 0 Å². The largest absolute Gasteiger partial charge is 0.457 e. The summed E-state index contributed by atoms with van der Waals surface area (Å²) >= 11 is 0. The monoisotopic (exact) mass is 484 g/mol. The first-order valence-corrected chi connectivity index (χ1v) is 11.7. The van der Waals surface area contributed by atoms with Crippen LogP contribution in [0, 0.1) is 0 Å². The number of carbonyl (C=O) groups is 1. The van der Waals surface area contributed by atoms with E-state index >= 15 is 0 Å². The summed E-state index contributed by atoms with van der Waals surface area (Å²) in [6.07, 6.45) is -0.564. The summed E-state index contributed by atoms with van der Waals surface area (Å²) in [5, 5.41) is 18.1. The molecule has 2 amide bonds. The number of hydrogen-bond donors (Lipinski definition) is 2. The number of benzene rings is 3. The minimum absolute atomic E-state index is 0.188. The van der Waals surface area contributed by atoms with Crippen LogP contribution in [0.15, 0.2) is 84.9 Å². The second-order valence-corrected chi connectivity index (χ2v) is 8.62. The molecule has 4 aromatic rings. The van der Waals surface area contributed by atoms with E-state index in [1.165, 1.54) is 0 Å². The maximum absolute atomic E-state index is 12.7. The summed E-state index contributed by atoms with van der Waals surface area (Å²) in [6.45, 7) is 0.731. The molecule has 2 aliphatic rings. The third kappa shape index (κ3) is 4.51. The maximum Gasteiger partial charge on any atom is 0.319 e. The number of carbonyl (C=O) groups excluding carboxylic acids is 1. The number of ether oxygens (including phenoxy) is 3. The molecule has 10 nitrogen and oxygen atoms in total. The molecular weight excluding hydrogens is 460 g/mol. The Morgan fingerprint density at radius 1 is 0.861 bits per heavy atom. The number of aromatic nitrogens is 4. The fourth-order valence-corrected chi connectivity index (χ4v) is 4.57. The number of rotatable bonds is 6. The van der Waals surface area contributed by atoms with Gasteiger partial charge in [0.25, 0.3) is 0 Å². The second kappa shape index (κ2) is 9.76. The molecule has 2 fully saturated rings. The van der Waals surface area contributed by atoms with Gasteiger partial charge >= 0.3 is 6.03 Å². The van der Waals surface area contributed by atoms with Gasteiger partial charge in [-0.3, -0.25) is 0 Å². The minimum atomic E-state index is -0.333. The van der Waals surface area contributed by atoms with Crippen LogP contribution in [0.5, 0.6) is 11.5 Å². The van der Waals surface area contributed by atoms with E-state index in [4.69, 9.17) is 14.2 Å². The third-order valence-electron chi connectivity index (χ3n) is 6.27. The van der Waals surface area contributed by atoms with Crippen LogP contribution in [-0.2, 0) is 9.47 Å². The first-order chi connectivity index (χ1) is 17.7. The number of nitrogens with zero attached hydrogens (tertiary/aromatic N) is 4. The average Bonchev–Trinajstić information content (AvgIpc) is 3.64. The number of urea groups is 1. The van der Waals surface area contributed by atoms with E-state index in [0.29, 0.717) is 30.5 Å². The van der Waals surface area contributed by atoms with E-state index in [9.17, 15) is 4.79 Å². The second-order valence-electron chi connectivity index (χ2n) is 8.62. The van der Waals surface area contributed by atoms with Gasteiger partial charge in [0.1, 0.15) is 29.7 Å². The zero-order valence-corrected chi connectivity index (χ0v) is 19.2. The highest BCUT2D eigenvalue weighted by Gasteiger charge is 2.50. The van der Waals surface area contributed by atoms with Gasteiger partial charge in [-0.1, -0.05) is 48.5 Å². The first kappa shape index (κ1) is 22.2. The van der Waals surface area contributed by atoms with Gasteiger partial charge in [0.15, 0.2) is 5.82 Å². The molecule has 2 aliphatic heterocycles. The summed E-state index contributed by atoms with van der Waals surface area (Å²) < 4.78 is 19.6. The van der Waals surface area contributed by atoms with Crippen molar-refractivity contribution in [3.8, 4) is 22.9 Å². The quantitative estimate of drug-likeness (QED) is 0.429. The summed E-state index contributed by atoms with van der Waals surface area (Å²) in [7, 11) is 0. The zero-order valence-electron chi connectivity index (χ0n) is 19.2. The molecule has 1 aromatic heterocycles. The van der Waals surface area contributed by atoms with Crippen molar-refractivity contribution in [1.82, 2.24) is 25.5 Å². The molecule has 6 rings (SSSR count). The van der Waals surface area contributed by atoms with Crippen molar-refractivity contribution in [2.45, 2.75) is 24.3 Å². The minimum Gasteiger partial charge on any atom is -0.457 e. The Bertz CT molecular complexity index is 1320. The topological polar surface area (TPSA) is 112 Å². The molecule has 36 heavy (non-hydrogen) atoms. The Morgan fingerprint density at radius 3 is 2.33 bits per heavy atom. The summed E-state index contributed by atoms with van der Waals surface area (Å²) in [4.78, 5) is 12.7. The van der Waals surface area contributed by atoms with Gasteiger partial charge in [0, 0.05) is 11.3 Å². The van der Waals surface area contributed by atoms with Crippen molar-refractivity contribution in [1.29, 1.82) is 0 Å². The average molecular weight is 485 g/mol. The summed E-state index contributed by atoms with van der Waals surface area (Å²) in [6, 6.07) is 25.6. The van der Waals surface area contributed by atoms with Crippen molar-refractivity contribution >= 4 is 11.7 Å². The Balaban J connectivity index is 1.06. The Labute approximate surface area is 207 Å². The molecule has 182 valence electrons. The smallest absolute Gasteiger partial charge is 0.319 e. The van der Waals surface area contributed by atoms with Crippen LogP contribution >= 0.6 is 0 Å². The van der Waals surface area contributed by atoms with Gasteiger partial charge in [-0.25, -0.2) is 9.48 Å². The lowest BCUT2D eigenvalue weighted by molar-refractivity contribution is 0.0624. The van der Waals surface area contributed by atoms with E-state index in [1.54, 1.807) is 28.9 Å². The lowest BCUT2D eigenvalue weighted by atomic mass is 10.1. The predicted octanol–water partition coefficient (Wildman–Crippen LogP) is 3.66. The molecule has 0 bridgehead atoms. The van der Waals surface area contributed by atoms with Gasteiger partial charge in [0.2, 0.25) is 0 Å². The van der Waals surface area contributed by atoms with Gasteiger partial charge < -0.3 is 24.8 Å². The van der Waals surface area contributed by atoms with Crippen molar-refractivity contribution in [3.05, 3.63) is 84.9 Å². The molecule has 4 atom stereocenters. The van der Waals surface area contributed by atoms with E-state index < -0.39 is 0 Å². The first-order valence-electron chi connectivity index (χ1n) is 11.7. The highest BCUT2D eigenvalue weighted by atomic mass is 16.6. The van der Waals surface area contributed by atoms with Crippen molar-refractivity contribution in [3.63, 3.8) is 0 Å². The highest BCUT2D eigenvalue weighted by molar-refractivity contribution is 5.89. The summed E-state index contributed by atoms with van der Waals surface area (Å²) in [5.74, 6) is 2.09. The number of para-hydroxylation sites is 1. The molecule has 0 spiro atoms. The molecule has 2 saturated heterocycles. The standard InChI is InChI=1S/C26H24N6O4/c33-26(27-18-11-13-20(14-12-18)36-19-9-5-2-6-10-19)28-21-15-34-24-22(16-35-23(21)24)32-25(29-30-31-32)17-7-3-1-4-8-17/h1-14,21-24H,15-16H2,(H2,27,28,33)/t21-,22+,23-,24+/m0/s1. The summed E-state index contributed by atoms with van der Waals surface area (Å²) in [5.41, 5.74) is 1.56. The molecule has 10 heteroatoms. The molecule has 3 aromatic carbocycles. The number of amides is 2. The van der Waals surface area contributed by atoms with E-state index in [2.05, 4.69) is 26.2 Å². The number of anilines is 1. The van der Waals surface area contributed by atoms with E-state index in [1.807, 2.05) is 60.7 Å². The Kier molecular flexibility index (Phi) is 6.02. The van der Waals surface area contributed by atoms with Crippen molar-refractivity contribution < 1.29 is 19.0 Å². The number of nitrogens with one attached hydrogen (secondary N) is 2. The van der Waals surface area contributed by atoms with Gasteiger partial charge in [-0.15, -0.1) is 5.10 Å². The number of tetrazole rings is 1. The number of fused-ring (bicyclic) bond motifs is 1. The maximum atomic E-state index is 12.7. The SMILES string of the molecule is O=C(Nc1ccc(Oc2ccccc2)cc1)N[C@H]1CO[C@H]2[C@H]1OC[C@H]2n1nnnc1-c1ccccc1. The lowest BCUT2D eigenvalue weighted by Gasteiger charge is -2.18. The molecule has 0 unspecified atom stereocenters. The molecule has 0 radical (unpaired) electrons. The highest BCUT2D eigenvalue weighted by Crippen LogP contribution is 2.35. The predicted molar refractivity (Wildman–Crippen MR) is 131 cm³/mol. The van der Waals surface area contributed by atoms with Crippen LogP contribution in [0.2, 0.25) is 0 Å². The van der Waals surface area contributed by atoms with Crippen LogP contribution in [0.25, 0.3) is 11.4 Å². The van der Waals surface area contributed by atoms with Crippen LogP contribution in [-0.4, -0.2) is 57.7 Å². The van der Waals surface area contributed by atoms with Crippen LogP contribution in [0.1, 0.15) is 6.04 Å². The van der Waals surface area contributed by atoms with Gasteiger partial charge in [-0.05, 0) is 46.8 Å². The third-order valence-corrected chi connectivity index (χ3v) is 6.27. The zero-order chi connectivity index (χ0) is 24.3. The number of hydrogen-bond acceptors (Lipinski definition) is 7. The molecule has 2 N–H and O–H groups in total. The fourth-order valence-electron chi connectivity index (χ4n) is 4.57. The molecule has 0 saturated carbocycles. The molecule has 3 heterocycles. The lowest BCUT2D eigenvalue weighted by Crippen LogP contribution is -2.45. The fraction of sp³-hybridized carbons (Fsp3) is 0.231. The normalized spacial score (nSPS) is 22.7. The Morgan fingerprint density at radius 2 is 1.56 bits per heavy atom. The van der Waals surface area contributed by atoms with E-state index in [-0.39, 0.29) is 30.3 Å². The molecular formula is C26H24N6O4. The van der Waals surface area contributed by atoms with Crippen molar-refractivity contribution in [2.24, 2.45) is 0 Å². The Hall–Kier alpha value is -4.28. The molecule has 0 aliphatic carbocycles. The van der Waals surface area contributed by atoms with E-state index in [0.717, 1.165) is 11.3 Å². The van der Waals surface area contributed by atoms with Crippen molar-refractivity contribution in [2.75, 3.05) is 18.5 Å². The van der Waals surface area contributed by atoms with Crippen LogP contribution < -0.4 is 15.4 Å². The van der Waals surface area contributed by atoms with Crippen LogP contribution in [0.4, 0.5) is 10.5 Å². The van der Waals surface area contributed by atoms with Gasteiger partial charge in [-0.2, -0.15) is 0 Å².